The first-order valence-corrected chi connectivity index (χ1v) is 9.51. The molecule has 1 aliphatic rings. The van der Waals surface area contributed by atoms with Crippen LogP contribution in [0.1, 0.15) is 40.6 Å². The minimum absolute atomic E-state index is 0.165. The van der Waals surface area contributed by atoms with Crippen LogP contribution in [0.15, 0.2) is 0 Å². The summed E-state index contributed by atoms with van der Waals surface area (Å²) in [5, 5.41) is 5.97. The van der Waals surface area contributed by atoms with Gasteiger partial charge in [0.05, 0.1) is 12.2 Å². The zero-order valence-corrected chi connectivity index (χ0v) is 16.2. The first kappa shape index (κ1) is 20.0. The summed E-state index contributed by atoms with van der Waals surface area (Å²) >= 11 is 1.37. The molecule has 4 N–H and O–H groups in total. The number of nitrogens with two attached hydrogens (primary N) is 1. The number of anilines is 1. The SMILES string of the molecule is CCOC(=O)c1c(NC(=O)N2CCC[C@@H](CNC(N)=O)C2)sc(C)c1C. The summed E-state index contributed by atoms with van der Waals surface area (Å²) in [5.74, 6) is -0.259. The number of carbonyl (C=O) groups excluding carboxylic acids is 3. The van der Waals surface area contributed by atoms with E-state index in [0.717, 1.165) is 23.3 Å². The van der Waals surface area contributed by atoms with Crippen molar-refractivity contribution >= 4 is 34.4 Å². The Balaban J connectivity index is 2.06. The Hall–Kier alpha value is -2.29. The first-order valence-electron chi connectivity index (χ1n) is 8.69. The molecule has 8 nitrogen and oxygen atoms in total. The van der Waals surface area contributed by atoms with Gasteiger partial charge in [0.15, 0.2) is 0 Å². The van der Waals surface area contributed by atoms with Crippen molar-refractivity contribution in [3.63, 3.8) is 0 Å². The normalized spacial score (nSPS) is 16.9. The third-order valence-corrected chi connectivity index (χ3v) is 5.58. The highest BCUT2D eigenvalue weighted by molar-refractivity contribution is 7.16. The van der Waals surface area contributed by atoms with Crippen molar-refractivity contribution in [3.8, 4) is 0 Å². The molecule has 0 aromatic carbocycles. The summed E-state index contributed by atoms with van der Waals surface area (Å²) in [6.07, 6.45) is 1.78. The van der Waals surface area contributed by atoms with Gasteiger partial charge in [0, 0.05) is 24.5 Å². The molecule has 9 heteroatoms. The second kappa shape index (κ2) is 8.88. The molecule has 2 rings (SSSR count). The number of primary amides is 1. The molecule has 1 aromatic heterocycles. The van der Waals surface area contributed by atoms with Gasteiger partial charge < -0.3 is 20.7 Å². The van der Waals surface area contributed by atoms with Gasteiger partial charge in [-0.3, -0.25) is 5.32 Å². The van der Waals surface area contributed by atoms with Crippen molar-refractivity contribution in [2.75, 3.05) is 31.6 Å². The fourth-order valence-electron chi connectivity index (χ4n) is 3.00. The summed E-state index contributed by atoms with van der Waals surface area (Å²) < 4.78 is 5.11. The number of esters is 1. The Kier molecular flexibility index (Phi) is 6.84. The molecule has 1 aromatic rings. The summed E-state index contributed by atoms with van der Waals surface area (Å²) in [6.45, 7) is 7.40. The molecular formula is C17H26N4O4S. The average Bonchev–Trinajstić information content (AvgIpc) is 2.87. The predicted octanol–water partition coefficient (Wildman–Crippen LogP) is 2.45. The van der Waals surface area contributed by atoms with Gasteiger partial charge in [0.2, 0.25) is 0 Å². The van der Waals surface area contributed by atoms with Crippen molar-refractivity contribution in [1.82, 2.24) is 10.2 Å². The van der Waals surface area contributed by atoms with Gasteiger partial charge in [-0.25, -0.2) is 14.4 Å². The second-order valence-corrected chi connectivity index (χ2v) is 7.56. The van der Waals surface area contributed by atoms with E-state index in [9.17, 15) is 14.4 Å². The minimum Gasteiger partial charge on any atom is -0.462 e. The van der Waals surface area contributed by atoms with Crippen molar-refractivity contribution < 1.29 is 19.1 Å². The van der Waals surface area contributed by atoms with Gasteiger partial charge in [0.25, 0.3) is 0 Å². The molecule has 0 saturated carbocycles. The van der Waals surface area contributed by atoms with Gasteiger partial charge in [0.1, 0.15) is 5.00 Å². The molecule has 0 bridgehead atoms. The monoisotopic (exact) mass is 382 g/mol. The van der Waals surface area contributed by atoms with Gasteiger partial charge in [-0.1, -0.05) is 0 Å². The Morgan fingerprint density at radius 3 is 2.73 bits per heavy atom. The molecular weight excluding hydrogens is 356 g/mol. The smallest absolute Gasteiger partial charge is 0.341 e. The van der Waals surface area contributed by atoms with E-state index in [1.807, 2.05) is 13.8 Å². The van der Waals surface area contributed by atoms with Crippen LogP contribution in [-0.4, -0.2) is 49.2 Å². The number of urea groups is 2. The van der Waals surface area contributed by atoms with Crippen LogP contribution in [0.5, 0.6) is 0 Å². The number of likely N-dealkylation sites (tertiary alicyclic amines) is 1. The Morgan fingerprint density at radius 2 is 2.08 bits per heavy atom. The fraction of sp³-hybridized carbons (Fsp3) is 0.588. The molecule has 144 valence electrons. The predicted molar refractivity (Wildman–Crippen MR) is 101 cm³/mol. The van der Waals surface area contributed by atoms with Crippen LogP contribution in [0.3, 0.4) is 0 Å². The Labute approximate surface area is 157 Å². The number of piperidine rings is 1. The molecule has 0 aliphatic carbocycles. The highest BCUT2D eigenvalue weighted by Gasteiger charge is 2.27. The van der Waals surface area contributed by atoms with Crippen LogP contribution >= 0.6 is 11.3 Å². The van der Waals surface area contributed by atoms with Crippen LogP contribution in [0.2, 0.25) is 0 Å². The van der Waals surface area contributed by atoms with E-state index in [1.165, 1.54) is 11.3 Å². The third-order valence-electron chi connectivity index (χ3n) is 4.46. The Bertz CT molecular complexity index is 689. The van der Waals surface area contributed by atoms with Crippen LogP contribution in [0.4, 0.5) is 14.6 Å². The summed E-state index contributed by atoms with van der Waals surface area (Å²) in [6, 6.07) is -0.809. The van der Waals surface area contributed by atoms with E-state index in [4.69, 9.17) is 10.5 Å². The fourth-order valence-corrected chi connectivity index (χ4v) is 4.04. The highest BCUT2D eigenvalue weighted by atomic mass is 32.1. The number of aryl methyl sites for hydroxylation is 1. The number of amides is 4. The number of nitrogens with zero attached hydrogens (tertiary/aromatic N) is 1. The van der Waals surface area contributed by atoms with Crippen LogP contribution < -0.4 is 16.4 Å². The first-order chi connectivity index (χ1) is 12.3. The van der Waals surface area contributed by atoms with Gasteiger partial charge in [-0.2, -0.15) is 0 Å². The maximum Gasteiger partial charge on any atom is 0.341 e. The van der Waals surface area contributed by atoms with E-state index >= 15 is 0 Å². The van der Waals surface area contributed by atoms with E-state index < -0.39 is 12.0 Å². The van der Waals surface area contributed by atoms with Gasteiger partial charge >= 0.3 is 18.0 Å². The Morgan fingerprint density at radius 1 is 1.35 bits per heavy atom. The zero-order valence-electron chi connectivity index (χ0n) is 15.4. The lowest BCUT2D eigenvalue weighted by atomic mass is 9.98. The minimum atomic E-state index is -0.560. The molecule has 1 fully saturated rings. The summed E-state index contributed by atoms with van der Waals surface area (Å²) in [7, 11) is 0. The maximum atomic E-state index is 12.7. The zero-order chi connectivity index (χ0) is 19.3. The number of rotatable bonds is 5. The summed E-state index contributed by atoms with van der Waals surface area (Å²) in [4.78, 5) is 38.4. The molecule has 26 heavy (non-hydrogen) atoms. The van der Waals surface area contributed by atoms with Crippen LogP contribution in [0, 0.1) is 19.8 Å². The lowest BCUT2D eigenvalue weighted by molar-refractivity contribution is 0.0527. The maximum absolute atomic E-state index is 12.7. The van der Waals surface area contributed by atoms with Gasteiger partial charge in [-0.15, -0.1) is 11.3 Å². The lowest BCUT2D eigenvalue weighted by Gasteiger charge is -2.32. The average molecular weight is 382 g/mol. The van der Waals surface area contributed by atoms with Crippen molar-refractivity contribution in [1.29, 1.82) is 0 Å². The number of thiophene rings is 1. The highest BCUT2D eigenvalue weighted by Crippen LogP contribution is 2.33. The second-order valence-electron chi connectivity index (χ2n) is 6.34. The van der Waals surface area contributed by atoms with Crippen LogP contribution in [0.25, 0.3) is 0 Å². The standard InChI is InChI=1S/C17H26N4O4S/c1-4-25-15(22)13-10(2)11(3)26-14(13)20-17(24)21-7-5-6-12(9-21)8-19-16(18)23/h12H,4-9H2,1-3H3,(H,20,24)(H3,18,19,23)/t12-/m0/s1. The number of hydrogen-bond acceptors (Lipinski definition) is 5. The third kappa shape index (κ3) is 4.87. The molecule has 2 heterocycles. The number of hydrogen-bond donors (Lipinski definition) is 3. The topological polar surface area (TPSA) is 114 Å². The van der Waals surface area contributed by atoms with Crippen molar-refractivity contribution in [3.05, 3.63) is 16.0 Å². The van der Waals surface area contributed by atoms with Crippen molar-refractivity contribution in [2.24, 2.45) is 11.7 Å². The summed E-state index contributed by atoms with van der Waals surface area (Å²) in [5.41, 5.74) is 6.35. The largest absolute Gasteiger partial charge is 0.462 e. The van der Waals surface area contributed by atoms with Gasteiger partial charge in [-0.05, 0) is 45.1 Å². The van der Waals surface area contributed by atoms with E-state index in [0.29, 0.717) is 30.2 Å². The van der Waals surface area contributed by atoms with Crippen LogP contribution in [-0.2, 0) is 4.74 Å². The number of nitrogens with one attached hydrogen (secondary N) is 2. The van der Waals surface area contributed by atoms with E-state index in [1.54, 1.807) is 11.8 Å². The number of ether oxygens (including phenoxy) is 1. The lowest BCUT2D eigenvalue weighted by Crippen LogP contribution is -2.46. The molecule has 0 unspecified atom stereocenters. The molecule has 4 amide bonds. The molecule has 1 saturated heterocycles. The van der Waals surface area contributed by atoms with E-state index in [-0.39, 0.29) is 18.6 Å². The van der Waals surface area contributed by atoms with E-state index in [2.05, 4.69) is 10.6 Å². The molecule has 1 atom stereocenters. The quantitative estimate of drug-likeness (QED) is 0.679. The molecule has 1 aliphatic heterocycles. The molecule has 0 spiro atoms. The molecule has 0 radical (unpaired) electrons. The van der Waals surface area contributed by atoms with Crippen molar-refractivity contribution in [2.45, 2.75) is 33.6 Å². The number of carbonyl (C=O) groups is 3.